The molecule has 1 amide bonds. The number of benzene rings is 3. The fraction of sp³-hybridized carbons (Fsp3) is 0.367. The Morgan fingerprint density at radius 3 is 2.20 bits per heavy atom. The Morgan fingerprint density at radius 2 is 1.55 bits per heavy atom. The third kappa shape index (κ3) is 7.97. The van der Waals surface area contributed by atoms with Crippen LogP contribution in [0.1, 0.15) is 25.0 Å². The Hall–Kier alpha value is -3.60. The van der Waals surface area contributed by atoms with Gasteiger partial charge in [0.25, 0.3) is 0 Å². The van der Waals surface area contributed by atoms with E-state index in [2.05, 4.69) is 5.32 Å². The van der Waals surface area contributed by atoms with Crippen molar-refractivity contribution in [2.45, 2.75) is 43.9 Å². The van der Waals surface area contributed by atoms with Gasteiger partial charge >= 0.3 is 6.09 Å². The van der Waals surface area contributed by atoms with Crippen LogP contribution in [0.4, 0.5) is 4.79 Å². The molecule has 0 bridgehead atoms. The van der Waals surface area contributed by atoms with Crippen LogP contribution in [-0.4, -0.2) is 62.4 Å². The van der Waals surface area contributed by atoms with Crippen LogP contribution in [0.15, 0.2) is 83.8 Å². The van der Waals surface area contributed by atoms with Gasteiger partial charge in [-0.2, -0.15) is 4.31 Å². The Morgan fingerprint density at radius 1 is 0.925 bits per heavy atom. The maximum absolute atomic E-state index is 13.8. The van der Waals surface area contributed by atoms with E-state index in [0.29, 0.717) is 24.7 Å². The molecule has 0 saturated heterocycles. The number of rotatable bonds is 12. The molecule has 0 aromatic heterocycles. The second-order valence-electron chi connectivity index (χ2n) is 10.1. The van der Waals surface area contributed by atoms with Crippen molar-refractivity contribution >= 4 is 16.1 Å². The maximum Gasteiger partial charge on any atom is 0.407 e. The molecule has 2 N–H and O–H groups in total. The normalized spacial score (nSPS) is 14.5. The van der Waals surface area contributed by atoms with Gasteiger partial charge in [0.2, 0.25) is 10.0 Å². The van der Waals surface area contributed by atoms with Crippen LogP contribution in [0.25, 0.3) is 0 Å². The lowest BCUT2D eigenvalue weighted by molar-refractivity contribution is 0.0873. The molecule has 214 valence electrons. The van der Waals surface area contributed by atoms with Crippen LogP contribution in [0.5, 0.6) is 11.5 Å². The third-order valence-electron chi connectivity index (χ3n) is 6.39. The van der Waals surface area contributed by atoms with Gasteiger partial charge < -0.3 is 24.6 Å². The summed E-state index contributed by atoms with van der Waals surface area (Å²) >= 11 is 0. The SMILES string of the molecule is CC(C)CN(C[C@@H](O)[C@H](Cc1ccccc1)NC(=O)OCc1ccccc1)S(=O)(=O)c1ccc2c(c1)OCCO2. The van der Waals surface area contributed by atoms with Crippen LogP contribution in [-0.2, 0) is 27.8 Å². The van der Waals surface area contributed by atoms with Gasteiger partial charge in [-0.25, -0.2) is 13.2 Å². The van der Waals surface area contributed by atoms with E-state index in [4.69, 9.17) is 14.2 Å². The lowest BCUT2D eigenvalue weighted by Crippen LogP contribution is -2.51. The Labute approximate surface area is 235 Å². The first-order valence-corrected chi connectivity index (χ1v) is 14.8. The molecule has 1 aliphatic heterocycles. The van der Waals surface area contributed by atoms with E-state index < -0.39 is 28.3 Å². The number of nitrogens with zero attached hydrogens (tertiary/aromatic N) is 1. The fourth-order valence-electron chi connectivity index (χ4n) is 4.41. The van der Waals surface area contributed by atoms with Crippen molar-refractivity contribution in [3.8, 4) is 11.5 Å². The molecule has 0 radical (unpaired) electrons. The van der Waals surface area contributed by atoms with Gasteiger partial charge in [-0.3, -0.25) is 0 Å². The number of fused-ring (bicyclic) bond motifs is 1. The molecule has 1 heterocycles. The minimum absolute atomic E-state index is 0.0180. The van der Waals surface area contributed by atoms with Crippen molar-refractivity contribution in [1.82, 2.24) is 9.62 Å². The van der Waals surface area contributed by atoms with E-state index in [1.807, 2.05) is 74.5 Å². The summed E-state index contributed by atoms with van der Waals surface area (Å²) in [6.07, 6.45) is -1.65. The summed E-state index contributed by atoms with van der Waals surface area (Å²) in [5.41, 5.74) is 1.70. The maximum atomic E-state index is 13.8. The fourth-order valence-corrected chi connectivity index (χ4v) is 6.05. The molecule has 40 heavy (non-hydrogen) atoms. The summed E-state index contributed by atoms with van der Waals surface area (Å²) in [6.45, 7) is 4.54. The molecule has 4 rings (SSSR count). The van der Waals surface area contributed by atoms with E-state index in [-0.39, 0.29) is 36.9 Å². The predicted molar refractivity (Wildman–Crippen MR) is 151 cm³/mol. The number of hydrogen-bond acceptors (Lipinski definition) is 7. The minimum atomic E-state index is -4.01. The van der Waals surface area contributed by atoms with Gasteiger partial charge in [-0.1, -0.05) is 74.5 Å². The number of nitrogens with one attached hydrogen (secondary N) is 1. The standard InChI is InChI=1S/C30H36N2O7S/c1-22(2)19-32(40(35,36)25-13-14-28-29(18-25)38-16-15-37-28)20-27(33)26(17-23-9-5-3-6-10-23)31-30(34)39-21-24-11-7-4-8-12-24/h3-14,18,22,26-27,33H,15-17,19-21H2,1-2H3,(H,31,34)/t26-,27+/m0/s1. The van der Waals surface area contributed by atoms with E-state index >= 15 is 0 Å². The summed E-state index contributed by atoms with van der Waals surface area (Å²) in [5.74, 6) is 0.833. The van der Waals surface area contributed by atoms with Crippen molar-refractivity contribution in [3.63, 3.8) is 0 Å². The second kappa shape index (κ2) is 13.6. The summed E-state index contributed by atoms with van der Waals surface area (Å²) in [7, 11) is -4.01. The molecule has 0 spiro atoms. The van der Waals surface area contributed by atoms with Gasteiger partial charge in [0.05, 0.1) is 17.0 Å². The lowest BCUT2D eigenvalue weighted by atomic mass is 10.0. The second-order valence-corrected chi connectivity index (χ2v) is 12.0. The van der Waals surface area contributed by atoms with E-state index in [1.54, 1.807) is 6.07 Å². The van der Waals surface area contributed by atoms with Gasteiger partial charge in [0.15, 0.2) is 11.5 Å². The Bertz CT molecular complexity index is 1350. The molecule has 0 aliphatic carbocycles. The highest BCUT2D eigenvalue weighted by Gasteiger charge is 2.32. The number of aliphatic hydroxyl groups is 1. The van der Waals surface area contributed by atoms with E-state index in [0.717, 1.165) is 11.1 Å². The number of aliphatic hydroxyl groups excluding tert-OH is 1. The van der Waals surface area contributed by atoms with Gasteiger partial charge in [0.1, 0.15) is 19.8 Å². The van der Waals surface area contributed by atoms with Crippen molar-refractivity contribution in [1.29, 1.82) is 0 Å². The summed E-state index contributed by atoms with van der Waals surface area (Å²) in [4.78, 5) is 12.8. The zero-order chi connectivity index (χ0) is 28.5. The zero-order valence-electron chi connectivity index (χ0n) is 22.7. The molecule has 9 nitrogen and oxygen atoms in total. The first kappa shape index (κ1) is 29.4. The predicted octanol–water partition coefficient (Wildman–Crippen LogP) is 4.00. The molecule has 3 aromatic carbocycles. The first-order valence-electron chi connectivity index (χ1n) is 13.3. The van der Waals surface area contributed by atoms with Gasteiger partial charge in [0, 0.05) is 19.2 Å². The average Bonchev–Trinajstić information content (AvgIpc) is 2.96. The highest BCUT2D eigenvalue weighted by Crippen LogP contribution is 2.33. The molecule has 0 fully saturated rings. The molecule has 1 aliphatic rings. The highest BCUT2D eigenvalue weighted by atomic mass is 32.2. The molecule has 10 heteroatoms. The van der Waals surface area contributed by atoms with Gasteiger partial charge in [-0.05, 0) is 35.6 Å². The molecule has 2 atom stereocenters. The zero-order valence-corrected chi connectivity index (χ0v) is 23.5. The largest absolute Gasteiger partial charge is 0.486 e. The first-order chi connectivity index (χ1) is 19.2. The van der Waals surface area contributed by atoms with E-state index in [9.17, 15) is 18.3 Å². The van der Waals surface area contributed by atoms with Crippen molar-refractivity contribution < 1.29 is 32.5 Å². The smallest absolute Gasteiger partial charge is 0.407 e. The number of ether oxygens (including phenoxy) is 3. The van der Waals surface area contributed by atoms with Crippen LogP contribution >= 0.6 is 0 Å². The molecular formula is C30H36N2O7S. The number of alkyl carbamates (subject to hydrolysis) is 1. The topological polar surface area (TPSA) is 114 Å². The molecular weight excluding hydrogens is 532 g/mol. The van der Waals surface area contributed by atoms with Crippen LogP contribution in [0.3, 0.4) is 0 Å². The number of hydrogen-bond donors (Lipinski definition) is 2. The van der Waals surface area contributed by atoms with Crippen molar-refractivity contribution in [2.24, 2.45) is 5.92 Å². The quantitative estimate of drug-likeness (QED) is 0.339. The van der Waals surface area contributed by atoms with Crippen molar-refractivity contribution in [3.05, 3.63) is 90.0 Å². The third-order valence-corrected chi connectivity index (χ3v) is 8.22. The number of carbonyl (C=O) groups is 1. The Kier molecular flexibility index (Phi) is 10.0. The summed E-state index contributed by atoms with van der Waals surface area (Å²) < 4.78 is 45.3. The minimum Gasteiger partial charge on any atom is -0.486 e. The number of sulfonamides is 1. The molecule has 0 saturated carbocycles. The number of amides is 1. The summed E-state index contributed by atoms with van der Waals surface area (Å²) in [5, 5.41) is 14.1. The van der Waals surface area contributed by atoms with Crippen LogP contribution in [0.2, 0.25) is 0 Å². The monoisotopic (exact) mass is 568 g/mol. The van der Waals surface area contributed by atoms with E-state index in [1.165, 1.54) is 16.4 Å². The highest BCUT2D eigenvalue weighted by molar-refractivity contribution is 7.89. The summed E-state index contributed by atoms with van der Waals surface area (Å²) in [6, 6.07) is 22.3. The van der Waals surface area contributed by atoms with Crippen LogP contribution < -0.4 is 14.8 Å². The van der Waals surface area contributed by atoms with Crippen LogP contribution in [0, 0.1) is 5.92 Å². The Balaban J connectivity index is 1.53. The number of carbonyl (C=O) groups excluding carboxylic acids is 1. The lowest BCUT2D eigenvalue weighted by Gasteiger charge is -2.31. The van der Waals surface area contributed by atoms with Crippen molar-refractivity contribution in [2.75, 3.05) is 26.3 Å². The average molecular weight is 569 g/mol. The van der Waals surface area contributed by atoms with Gasteiger partial charge in [-0.15, -0.1) is 0 Å². The molecule has 0 unspecified atom stereocenters. The molecule has 3 aromatic rings.